The molecule has 1 atom stereocenters. The average molecular weight is 286 g/mol. The van der Waals surface area contributed by atoms with Crippen LogP contribution in [-0.2, 0) is 0 Å². The third-order valence-electron chi connectivity index (χ3n) is 4.26. The molecule has 22 heavy (non-hydrogen) atoms. The zero-order valence-corrected chi connectivity index (χ0v) is 13.5. The first-order valence-electron chi connectivity index (χ1n) is 8.14. The van der Waals surface area contributed by atoms with Gasteiger partial charge in [0.2, 0.25) is 0 Å². The van der Waals surface area contributed by atoms with E-state index in [1.807, 2.05) is 13.8 Å². The van der Waals surface area contributed by atoms with Gasteiger partial charge in [-0.05, 0) is 38.9 Å². The minimum atomic E-state index is 0.456. The van der Waals surface area contributed by atoms with Gasteiger partial charge in [0, 0.05) is 0 Å². The third kappa shape index (κ3) is 2.35. The molecule has 0 heterocycles. The van der Waals surface area contributed by atoms with E-state index in [2.05, 4.69) is 79.7 Å². The molecule has 110 valence electrons. The summed E-state index contributed by atoms with van der Waals surface area (Å²) in [5, 5.41) is 2.65. The molecule has 4 rings (SSSR count). The van der Waals surface area contributed by atoms with Crippen LogP contribution in [0.4, 0.5) is 0 Å². The quantitative estimate of drug-likeness (QED) is 0.433. The summed E-state index contributed by atoms with van der Waals surface area (Å²) in [5.74, 6) is 0.456. The first kappa shape index (κ1) is 14.6. The van der Waals surface area contributed by atoms with Crippen LogP contribution in [0.2, 0.25) is 0 Å². The van der Waals surface area contributed by atoms with Gasteiger partial charge in [-0.15, -0.1) is 0 Å². The van der Waals surface area contributed by atoms with Gasteiger partial charge in [0.25, 0.3) is 0 Å². The molecule has 3 aromatic carbocycles. The predicted molar refractivity (Wildman–Crippen MR) is 98.2 cm³/mol. The summed E-state index contributed by atoms with van der Waals surface area (Å²) in [4.78, 5) is 0. The molecule has 0 bridgehead atoms. The zero-order chi connectivity index (χ0) is 15.5. The molecule has 0 amide bonds. The highest BCUT2D eigenvalue weighted by atomic mass is 14.2. The molecular weight excluding hydrogens is 264 g/mol. The van der Waals surface area contributed by atoms with Crippen LogP contribution in [0.3, 0.4) is 0 Å². The Morgan fingerprint density at radius 3 is 2.32 bits per heavy atom. The summed E-state index contributed by atoms with van der Waals surface area (Å²) in [6.07, 6.45) is 4.61. The lowest BCUT2D eigenvalue weighted by Gasteiger charge is -2.13. The lowest BCUT2D eigenvalue weighted by molar-refractivity contribution is 0.979. The molecule has 0 N–H and O–H groups in total. The van der Waals surface area contributed by atoms with E-state index in [-0.39, 0.29) is 0 Å². The zero-order valence-electron chi connectivity index (χ0n) is 13.5. The second kappa shape index (κ2) is 6.19. The molecule has 0 aliphatic heterocycles. The van der Waals surface area contributed by atoms with E-state index >= 15 is 0 Å². The molecule has 0 saturated heterocycles. The Kier molecular flexibility index (Phi) is 4.11. The van der Waals surface area contributed by atoms with Crippen molar-refractivity contribution in [1.82, 2.24) is 0 Å². The van der Waals surface area contributed by atoms with E-state index in [1.54, 1.807) is 0 Å². The maximum atomic E-state index is 2.32. The molecule has 1 aliphatic carbocycles. The minimum absolute atomic E-state index is 0.456. The molecular formula is C22H22. The second-order valence-electron chi connectivity index (χ2n) is 5.48. The molecule has 0 radical (unpaired) electrons. The lowest BCUT2D eigenvalue weighted by Crippen LogP contribution is -1.91. The van der Waals surface area contributed by atoms with Gasteiger partial charge in [0.1, 0.15) is 0 Å². The van der Waals surface area contributed by atoms with Crippen molar-refractivity contribution < 1.29 is 0 Å². The van der Waals surface area contributed by atoms with Gasteiger partial charge in [0.15, 0.2) is 0 Å². The summed E-state index contributed by atoms with van der Waals surface area (Å²) in [5.41, 5.74) is 5.48. The van der Waals surface area contributed by atoms with Crippen LogP contribution >= 0.6 is 0 Å². The minimum Gasteiger partial charge on any atom is -0.0766 e. The maximum absolute atomic E-state index is 2.32. The molecule has 0 nitrogen and oxygen atoms in total. The largest absolute Gasteiger partial charge is 0.0766 e. The van der Waals surface area contributed by atoms with Gasteiger partial charge in [-0.2, -0.15) is 0 Å². The summed E-state index contributed by atoms with van der Waals surface area (Å²) >= 11 is 0. The standard InChI is InChI=1S/C20H16.C2H6/c1-14-10-12-19-17-8-3-2-6-15(17)11-13-20(19)18-9-5-4-7-16(14)18;1-2/h2-14H,1H3;1-2H3. The number of hydrogen-bond donors (Lipinski definition) is 0. The van der Waals surface area contributed by atoms with E-state index in [9.17, 15) is 0 Å². The fraction of sp³-hybridized carbons (Fsp3) is 0.182. The lowest BCUT2D eigenvalue weighted by atomic mass is 9.91. The van der Waals surface area contributed by atoms with Gasteiger partial charge >= 0.3 is 0 Å². The highest BCUT2D eigenvalue weighted by molar-refractivity contribution is 5.98. The highest BCUT2D eigenvalue weighted by Gasteiger charge is 2.16. The first-order chi connectivity index (χ1) is 10.8. The molecule has 0 spiro atoms. The van der Waals surface area contributed by atoms with Crippen LogP contribution < -0.4 is 0 Å². The predicted octanol–water partition coefficient (Wildman–Crippen LogP) is 6.66. The van der Waals surface area contributed by atoms with Crippen molar-refractivity contribution in [3.8, 4) is 11.1 Å². The van der Waals surface area contributed by atoms with E-state index in [0.717, 1.165) is 0 Å². The van der Waals surface area contributed by atoms with Gasteiger partial charge in [-0.3, -0.25) is 0 Å². The summed E-state index contributed by atoms with van der Waals surface area (Å²) in [7, 11) is 0. The average Bonchev–Trinajstić information content (AvgIpc) is 2.74. The molecule has 3 aromatic rings. The van der Waals surface area contributed by atoms with E-state index in [1.165, 1.54) is 33.0 Å². The fourth-order valence-corrected chi connectivity index (χ4v) is 3.19. The molecule has 0 aromatic heterocycles. The molecule has 1 aliphatic rings. The first-order valence-corrected chi connectivity index (χ1v) is 8.14. The van der Waals surface area contributed by atoms with Crippen molar-refractivity contribution in [2.45, 2.75) is 26.7 Å². The smallest absolute Gasteiger partial charge is 0.0000945 e. The number of rotatable bonds is 0. The topological polar surface area (TPSA) is 0 Å². The van der Waals surface area contributed by atoms with E-state index in [4.69, 9.17) is 0 Å². The fourth-order valence-electron chi connectivity index (χ4n) is 3.19. The molecule has 0 fully saturated rings. The Morgan fingerprint density at radius 1 is 0.727 bits per heavy atom. The summed E-state index contributed by atoms with van der Waals surface area (Å²) in [6, 6.07) is 21.9. The molecule has 0 heteroatoms. The molecule has 0 saturated carbocycles. The van der Waals surface area contributed by atoms with Crippen molar-refractivity contribution in [2.24, 2.45) is 0 Å². The van der Waals surface area contributed by atoms with Gasteiger partial charge in [-0.25, -0.2) is 0 Å². The van der Waals surface area contributed by atoms with Crippen LogP contribution in [-0.4, -0.2) is 0 Å². The Morgan fingerprint density at radius 2 is 1.45 bits per heavy atom. The Balaban J connectivity index is 0.000000693. The SMILES string of the molecule is CC.CC1C=Cc2c(ccc3ccccc23)-c2ccccc21. The third-order valence-corrected chi connectivity index (χ3v) is 4.26. The van der Waals surface area contributed by atoms with Crippen LogP contribution in [0.25, 0.3) is 28.0 Å². The Bertz CT molecular complexity index is 824. The second-order valence-corrected chi connectivity index (χ2v) is 5.48. The Labute approximate surface area is 133 Å². The number of fused-ring (bicyclic) bond motifs is 5. The van der Waals surface area contributed by atoms with Crippen molar-refractivity contribution in [3.05, 3.63) is 77.9 Å². The van der Waals surface area contributed by atoms with Crippen LogP contribution in [0.15, 0.2) is 66.7 Å². The molecule has 1 unspecified atom stereocenters. The normalized spacial score (nSPS) is 15.3. The van der Waals surface area contributed by atoms with Crippen molar-refractivity contribution in [1.29, 1.82) is 0 Å². The van der Waals surface area contributed by atoms with Gasteiger partial charge in [-0.1, -0.05) is 93.6 Å². The van der Waals surface area contributed by atoms with Crippen LogP contribution in [0.5, 0.6) is 0 Å². The monoisotopic (exact) mass is 286 g/mol. The summed E-state index contributed by atoms with van der Waals surface area (Å²) in [6.45, 7) is 6.27. The Hall–Kier alpha value is -2.34. The van der Waals surface area contributed by atoms with Crippen LogP contribution in [0, 0.1) is 0 Å². The van der Waals surface area contributed by atoms with Crippen LogP contribution in [0.1, 0.15) is 37.8 Å². The van der Waals surface area contributed by atoms with Gasteiger partial charge in [0.05, 0.1) is 0 Å². The van der Waals surface area contributed by atoms with E-state index < -0.39 is 0 Å². The van der Waals surface area contributed by atoms with Crippen molar-refractivity contribution in [2.75, 3.05) is 0 Å². The van der Waals surface area contributed by atoms with Crippen molar-refractivity contribution in [3.63, 3.8) is 0 Å². The number of benzene rings is 3. The maximum Gasteiger partial charge on any atom is -0.0000945 e. The highest BCUT2D eigenvalue weighted by Crippen LogP contribution is 2.39. The summed E-state index contributed by atoms with van der Waals surface area (Å²) < 4.78 is 0. The van der Waals surface area contributed by atoms with Gasteiger partial charge < -0.3 is 0 Å². The van der Waals surface area contributed by atoms with Crippen molar-refractivity contribution >= 4 is 16.8 Å². The van der Waals surface area contributed by atoms with E-state index in [0.29, 0.717) is 5.92 Å². The number of allylic oxidation sites excluding steroid dienone is 1. The number of hydrogen-bond acceptors (Lipinski definition) is 0.